The molecule has 34 heavy (non-hydrogen) atoms. The number of carbonyl (C=O) groups is 1. The summed E-state index contributed by atoms with van der Waals surface area (Å²) in [6.45, 7) is 11.1. The minimum Gasteiger partial charge on any atom is -0.497 e. The molecule has 0 bridgehead atoms. The van der Waals surface area contributed by atoms with Gasteiger partial charge in [-0.05, 0) is 57.0 Å². The van der Waals surface area contributed by atoms with Crippen molar-refractivity contribution in [3.05, 3.63) is 65.5 Å². The van der Waals surface area contributed by atoms with Gasteiger partial charge in [0.05, 0.1) is 18.5 Å². The molecule has 1 aliphatic rings. The highest BCUT2D eigenvalue weighted by Crippen LogP contribution is 2.19. The first-order valence-corrected chi connectivity index (χ1v) is 11.9. The molecule has 1 aliphatic heterocycles. The third-order valence-electron chi connectivity index (χ3n) is 6.40. The molecule has 0 saturated carbocycles. The van der Waals surface area contributed by atoms with Crippen molar-refractivity contribution < 1.29 is 9.53 Å². The number of nitrogens with one attached hydrogen (secondary N) is 1. The molecule has 1 atom stereocenters. The van der Waals surface area contributed by atoms with Crippen LogP contribution in [0.3, 0.4) is 0 Å². The predicted octanol–water partition coefficient (Wildman–Crippen LogP) is 3.22. The van der Waals surface area contributed by atoms with E-state index in [0.29, 0.717) is 11.4 Å². The molecule has 8 heteroatoms. The van der Waals surface area contributed by atoms with E-state index in [2.05, 4.69) is 56.6 Å². The lowest BCUT2D eigenvalue weighted by atomic mass is 10.1. The van der Waals surface area contributed by atoms with Gasteiger partial charge in [0, 0.05) is 50.5 Å². The molecule has 2 heterocycles. The lowest BCUT2D eigenvalue weighted by Gasteiger charge is -2.36. The van der Waals surface area contributed by atoms with E-state index in [1.807, 2.05) is 38.1 Å². The largest absolute Gasteiger partial charge is 0.497 e. The van der Waals surface area contributed by atoms with E-state index in [1.54, 1.807) is 11.8 Å². The van der Waals surface area contributed by atoms with Gasteiger partial charge in [-0.1, -0.05) is 23.4 Å². The van der Waals surface area contributed by atoms with Crippen LogP contribution in [-0.2, 0) is 0 Å². The Balaban J connectivity index is 1.26. The molecule has 1 unspecified atom stereocenters. The lowest BCUT2D eigenvalue weighted by molar-refractivity contribution is 0.0929. The predicted molar refractivity (Wildman–Crippen MR) is 134 cm³/mol. The highest BCUT2D eigenvalue weighted by molar-refractivity contribution is 5.93. The number of methoxy groups -OCH3 is 1. The number of hydrogen-bond donors (Lipinski definition) is 1. The highest BCUT2D eigenvalue weighted by Gasteiger charge is 2.21. The monoisotopic (exact) mass is 462 g/mol. The Labute approximate surface area is 201 Å². The van der Waals surface area contributed by atoms with Crippen molar-refractivity contribution in [1.82, 2.24) is 25.2 Å². The van der Waals surface area contributed by atoms with Gasteiger partial charge in [0.1, 0.15) is 5.75 Å². The third-order valence-corrected chi connectivity index (χ3v) is 6.40. The van der Waals surface area contributed by atoms with Crippen molar-refractivity contribution >= 4 is 11.6 Å². The van der Waals surface area contributed by atoms with Gasteiger partial charge in [0.15, 0.2) is 5.69 Å². The zero-order valence-corrected chi connectivity index (χ0v) is 20.5. The molecule has 180 valence electrons. The average molecular weight is 463 g/mol. The van der Waals surface area contributed by atoms with E-state index in [4.69, 9.17) is 4.74 Å². The molecule has 4 rings (SSSR count). The number of rotatable bonds is 8. The third kappa shape index (κ3) is 5.56. The first-order valence-electron chi connectivity index (χ1n) is 11.9. The fraction of sp³-hybridized carbons (Fsp3) is 0.423. The maximum absolute atomic E-state index is 12.9. The van der Waals surface area contributed by atoms with Crippen LogP contribution in [0.4, 0.5) is 5.69 Å². The Bertz CT molecular complexity index is 1120. The van der Waals surface area contributed by atoms with Gasteiger partial charge in [0.2, 0.25) is 0 Å². The number of carbonyl (C=O) groups excluding carboxylic acids is 1. The SMILES string of the molecule is COc1cccc(-n2nnc(C(=O)NC(C)CCN3CCN(c4cccc(C)c4)CC3)c2C)c1. The summed E-state index contributed by atoms with van der Waals surface area (Å²) in [5.74, 6) is 0.537. The molecular weight excluding hydrogens is 428 g/mol. The van der Waals surface area contributed by atoms with E-state index < -0.39 is 0 Å². The smallest absolute Gasteiger partial charge is 0.273 e. The zero-order valence-electron chi connectivity index (χ0n) is 20.5. The molecule has 1 aromatic heterocycles. The molecule has 1 saturated heterocycles. The number of anilines is 1. The van der Waals surface area contributed by atoms with Crippen LogP contribution >= 0.6 is 0 Å². The van der Waals surface area contributed by atoms with Crippen LogP contribution in [0.5, 0.6) is 5.75 Å². The van der Waals surface area contributed by atoms with Crippen LogP contribution in [0.2, 0.25) is 0 Å². The van der Waals surface area contributed by atoms with Crippen LogP contribution in [-0.4, -0.2) is 71.7 Å². The molecule has 2 aromatic carbocycles. The number of benzene rings is 2. The molecule has 1 fully saturated rings. The Kier molecular flexibility index (Phi) is 7.47. The van der Waals surface area contributed by atoms with Crippen LogP contribution < -0.4 is 15.0 Å². The van der Waals surface area contributed by atoms with Crippen molar-refractivity contribution in [3.63, 3.8) is 0 Å². The van der Waals surface area contributed by atoms with E-state index in [-0.39, 0.29) is 11.9 Å². The summed E-state index contributed by atoms with van der Waals surface area (Å²) in [4.78, 5) is 17.8. The van der Waals surface area contributed by atoms with Crippen molar-refractivity contribution in [2.24, 2.45) is 0 Å². The first-order chi connectivity index (χ1) is 16.4. The molecule has 1 N–H and O–H groups in total. The topological polar surface area (TPSA) is 75.5 Å². The van der Waals surface area contributed by atoms with Gasteiger partial charge in [0.25, 0.3) is 5.91 Å². The van der Waals surface area contributed by atoms with Gasteiger partial charge < -0.3 is 15.0 Å². The normalized spacial score (nSPS) is 15.2. The lowest BCUT2D eigenvalue weighted by Crippen LogP contribution is -2.47. The molecule has 0 radical (unpaired) electrons. The summed E-state index contributed by atoms with van der Waals surface area (Å²) in [5, 5.41) is 11.4. The number of amides is 1. The van der Waals surface area contributed by atoms with Gasteiger partial charge >= 0.3 is 0 Å². The summed E-state index contributed by atoms with van der Waals surface area (Å²) in [6.07, 6.45) is 0.888. The Morgan fingerprint density at radius 1 is 1.06 bits per heavy atom. The van der Waals surface area contributed by atoms with Crippen molar-refractivity contribution in [1.29, 1.82) is 0 Å². The Morgan fingerprint density at radius 2 is 1.79 bits per heavy atom. The fourth-order valence-corrected chi connectivity index (χ4v) is 4.32. The van der Waals surface area contributed by atoms with E-state index in [0.717, 1.165) is 50.6 Å². The van der Waals surface area contributed by atoms with Crippen LogP contribution in [0.1, 0.15) is 35.1 Å². The fourth-order valence-electron chi connectivity index (χ4n) is 4.32. The molecule has 8 nitrogen and oxygen atoms in total. The standard InChI is InChI=1S/C26H34N6O2/c1-19-7-5-8-22(17-19)31-15-13-30(14-16-31)12-11-20(2)27-26(33)25-21(3)32(29-28-25)23-9-6-10-24(18-23)34-4/h5-10,17-18,20H,11-16H2,1-4H3,(H,27,33). The average Bonchev–Trinajstić information content (AvgIpc) is 3.24. The summed E-state index contributed by atoms with van der Waals surface area (Å²) in [7, 11) is 1.62. The molecule has 3 aromatic rings. The number of aryl methyl sites for hydroxylation is 1. The van der Waals surface area contributed by atoms with Crippen molar-refractivity contribution in [2.45, 2.75) is 33.2 Å². The number of piperazine rings is 1. The number of ether oxygens (including phenoxy) is 1. The van der Waals surface area contributed by atoms with Crippen LogP contribution in [0.15, 0.2) is 48.5 Å². The maximum atomic E-state index is 12.9. The summed E-state index contributed by atoms with van der Waals surface area (Å²) >= 11 is 0. The number of hydrogen-bond acceptors (Lipinski definition) is 6. The van der Waals surface area contributed by atoms with Gasteiger partial charge in [-0.3, -0.25) is 9.69 Å². The van der Waals surface area contributed by atoms with Crippen LogP contribution in [0, 0.1) is 13.8 Å². The Hall–Kier alpha value is -3.39. The minimum atomic E-state index is -0.191. The second kappa shape index (κ2) is 10.7. The highest BCUT2D eigenvalue weighted by atomic mass is 16.5. The van der Waals surface area contributed by atoms with Crippen molar-refractivity contribution in [2.75, 3.05) is 44.7 Å². The van der Waals surface area contributed by atoms with Crippen molar-refractivity contribution in [3.8, 4) is 11.4 Å². The van der Waals surface area contributed by atoms with E-state index >= 15 is 0 Å². The maximum Gasteiger partial charge on any atom is 0.273 e. The second-order valence-corrected chi connectivity index (χ2v) is 8.97. The zero-order chi connectivity index (χ0) is 24.1. The Morgan fingerprint density at radius 3 is 2.53 bits per heavy atom. The first kappa shape index (κ1) is 23.8. The van der Waals surface area contributed by atoms with Gasteiger partial charge in [-0.15, -0.1) is 5.10 Å². The quantitative estimate of drug-likeness (QED) is 0.554. The summed E-state index contributed by atoms with van der Waals surface area (Å²) in [5.41, 5.74) is 4.45. The van der Waals surface area contributed by atoms with Crippen LogP contribution in [0.25, 0.3) is 5.69 Å². The van der Waals surface area contributed by atoms with Gasteiger partial charge in [-0.2, -0.15) is 0 Å². The van der Waals surface area contributed by atoms with Gasteiger partial charge in [-0.25, -0.2) is 4.68 Å². The molecular formula is C26H34N6O2. The van der Waals surface area contributed by atoms with E-state index in [9.17, 15) is 4.79 Å². The minimum absolute atomic E-state index is 0.0451. The summed E-state index contributed by atoms with van der Waals surface area (Å²) < 4.78 is 6.95. The molecule has 0 aliphatic carbocycles. The number of nitrogens with zero attached hydrogens (tertiary/aromatic N) is 5. The molecule has 0 spiro atoms. The van der Waals surface area contributed by atoms with E-state index in [1.165, 1.54) is 11.3 Å². The second-order valence-electron chi connectivity index (χ2n) is 8.97. The molecule has 1 amide bonds. The number of aromatic nitrogens is 3. The summed E-state index contributed by atoms with van der Waals surface area (Å²) in [6, 6.07) is 16.3.